The van der Waals surface area contributed by atoms with E-state index in [9.17, 15) is 28.8 Å². The Bertz CT molecular complexity index is 1160. The Labute approximate surface area is 328 Å². The average molecular weight is 745 g/mol. The summed E-state index contributed by atoms with van der Waals surface area (Å²) in [5.74, 6) is 1.24. The van der Waals surface area contributed by atoms with E-state index in [4.69, 9.17) is 0 Å². The van der Waals surface area contributed by atoms with Gasteiger partial charge in [-0.05, 0) is 77.0 Å². The molecule has 0 aromatic heterocycles. The fraction of sp³-hybridized carbons (Fsp3) is 0.625. The van der Waals surface area contributed by atoms with Gasteiger partial charge < -0.3 is 0 Å². The summed E-state index contributed by atoms with van der Waals surface area (Å²) in [6, 6.07) is 0. The normalized spacial score (nSPS) is 23.3. The number of unbranched alkanes of at least 4 members (excludes halogenated alkanes) is 2. The van der Waals surface area contributed by atoms with Crippen molar-refractivity contribution in [3.8, 4) is 0 Å². The smallest absolute Gasteiger partial charge is 0.140 e. The molecule has 0 radical (unpaired) electrons. The molecule has 54 heavy (non-hydrogen) atoms. The molecule has 3 rings (SSSR count). The van der Waals surface area contributed by atoms with E-state index in [1.54, 1.807) is 24.3 Å². The van der Waals surface area contributed by atoms with Crippen LogP contribution < -0.4 is 0 Å². The van der Waals surface area contributed by atoms with Gasteiger partial charge in [0.15, 0.2) is 0 Å². The largest absolute Gasteiger partial charge is 0.299 e. The average Bonchev–Trinajstić information content (AvgIpc) is 3.19. The summed E-state index contributed by atoms with van der Waals surface area (Å²) < 4.78 is 0. The molecule has 0 aliphatic heterocycles. The second kappa shape index (κ2) is 29.8. The van der Waals surface area contributed by atoms with Crippen molar-refractivity contribution in [3.05, 3.63) is 75.9 Å². The number of ketones is 6. The van der Waals surface area contributed by atoms with Gasteiger partial charge in [-0.25, -0.2) is 0 Å². The molecule has 0 aromatic rings. The molecule has 6 heteroatoms. The van der Waals surface area contributed by atoms with Crippen LogP contribution in [0.25, 0.3) is 0 Å². The minimum Gasteiger partial charge on any atom is -0.299 e. The van der Waals surface area contributed by atoms with Crippen molar-refractivity contribution < 1.29 is 28.8 Å². The van der Waals surface area contributed by atoms with Crippen LogP contribution in [-0.2, 0) is 28.8 Å². The molecule has 6 unspecified atom stereocenters. The first-order chi connectivity index (χ1) is 26.1. The van der Waals surface area contributed by atoms with Crippen molar-refractivity contribution in [2.24, 2.45) is 35.5 Å². The molecule has 3 fully saturated rings. The predicted octanol–water partition coefficient (Wildman–Crippen LogP) is 11.6. The fourth-order valence-corrected chi connectivity index (χ4v) is 8.36. The van der Waals surface area contributed by atoms with Crippen LogP contribution in [0.5, 0.6) is 0 Å². The molecule has 0 aromatic carbocycles. The summed E-state index contributed by atoms with van der Waals surface area (Å²) in [6.07, 6.45) is 30.3. The maximum atomic E-state index is 12.3. The lowest BCUT2D eigenvalue weighted by atomic mass is 9.73. The maximum Gasteiger partial charge on any atom is 0.140 e. The third-order valence-corrected chi connectivity index (χ3v) is 11.3. The van der Waals surface area contributed by atoms with Crippen LogP contribution >= 0.6 is 0 Å². The van der Waals surface area contributed by atoms with Gasteiger partial charge in [0.05, 0.1) is 0 Å². The first kappa shape index (κ1) is 48.5. The highest BCUT2D eigenvalue weighted by Gasteiger charge is 2.36. The number of allylic oxidation sites excluding steroid dienone is 6. The van der Waals surface area contributed by atoms with Crippen molar-refractivity contribution >= 4 is 34.7 Å². The van der Waals surface area contributed by atoms with Gasteiger partial charge in [-0.3, -0.25) is 28.8 Å². The van der Waals surface area contributed by atoms with Crippen LogP contribution in [0.15, 0.2) is 75.9 Å². The van der Waals surface area contributed by atoms with E-state index in [1.807, 2.05) is 12.2 Å². The van der Waals surface area contributed by atoms with Crippen molar-refractivity contribution in [1.29, 1.82) is 0 Å². The highest BCUT2D eigenvalue weighted by molar-refractivity contribution is 5.92. The lowest BCUT2D eigenvalue weighted by Gasteiger charge is -2.29. The molecule has 0 spiro atoms. The van der Waals surface area contributed by atoms with E-state index >= 15 is 0 Å². The molecule has 0 saturated heterocycles. The molecule has 0 amide bonds. The Morgan fingerprint density at radius 1 is 0.333 bits per heavy atom. The molecule has 3 aliphatic carbocycles. The fourth-order valence-electron chi connectivity index (χ4n) is 8.36. The van der Waals surface area contributed by atoms with Crippen LogP contribution in [0.1, 0.15) is 154 Å². The van der Waals surface area contributed by atoms with E-state index in [2.05, 4.69) is 39.5 Å². The second-order valence-electron chi connectivity index (χ2n) is 15.3. The summed E-state index contributed by atoms with van der Waals surface area (Å²) in [7, 11) is 0. The number of carbonyl (C=O) groups excluding carboxylic acids is 6. The van der Waals surface area contributed by atoms with Crippen molar-refractivity contribution in [3.63, 3.8) is 0 Å². The molecule has 0 heterocycles. The first-order valence-corrected chi connectivity index (χ1v) is 20.9. The quantitative estimate of drug-likeness (QED) is 0.0720. The summed E-state index contributed by atoms with van der Waals surface area (Å²) in [4.78, 5) is 72.6. The number of hydrogen-bond donors (Lipinski definition) is 0. The zero-order valence-electron chi connectivity index (χ0n) is 33.6. The Morgan fingerprint density at radius 3 is 0.815 bits per heavy atom. The molecule has 6 atom stereocenters. The van der Waals surface area contributed by atoms with E-state index in [1.165, 1.54) is 0 Å². The lowest BCUT2D eigenvalue weighted by Crippen LogP contribution is -2.32. The van der Waals surface area contributed by atoms with E-state index in [0.29, 0.717) is 50.1 Å². The molecular weight excluding hydrogens is 673 g/mol. The SMILES string of the molecule is C=CCC(=O)C1CCCCC1C(=O)CC=C.C=CCCC(=O)C1CCCCC1C(=O)CCC=C.C=CCCCC(=O)C1CCCCC1C(=O)CCCC=C. The zero-order chi connectivity index (χ0) is 40.1. The first-order valence-electron chi connectivity index (χ1n) is 20.9. The van der Waals surface area contributed by atoms with Gasteiger partial charge in [-0.2, -0.15) is 0 Å². The Balaban J connectivity index is 0.000000408. The van der Waals surface area contributed by atoms with Crippen LogP contribution in [0.2, 0.25) is 0 Å². The molecule has 3 aliphatic rings. The highest BCUT2D eigenvalue weighted by atomic mass is 16.2. The minimum absolute atomic E-state index is 0.00945. The topological polar surface area (TPSA) is 102 Å². The number of carbonyl (C=O) groups is 6. The minimum atomic E-state index is -0.0702. The summed E-state index contributed by atoms with van der Waals surface area (Å²) in [6.45, 7) is 21.8. The van der Waals surface area contributed by atoms with Gasteiger partial charge >= 0.3 is 0 Å². The van der Waals surface area contributed by atoms with E-state index in [-0.39, 0.29) is 58.6 Å². The van der Waals surface area contributed by atoms with Crippen molar-refractivity contribution in [2.45, 2.75) is 154 Å². The number of Topliss-reactive ketones (excluding diaryl/α,β-unsaturated/α-hetero) is 6. The third kappa shape index (κ3) is 18.2. The van der Waals surface area contributed by atoms with Gasteiger partial charge in [0, 0.05) is 74.0 Å². The van der Waals surface area contributed by atoms with Gasteiger partial charge in [0.1, 0.15) is 34.7 Å². The standard InChI is InChI=1S/C18H28O2.C16H24O2.C14H20O2/c1-3-5-7-13-17(19)15-11-9-10-12-16(15)18(20)14-8-6-4-2;1-3-5-11-15(17)13-9-7-8-10-14(13)16(18)12-6-4-2;1-3-7-13(15)11-9-5-6-10-12(11)14(16)8-4-2/h3-4,15-16H,1-2,5-14H2;3-4,13-14H,1-2,5-12H2;3-4,11-12H,1-2,5-10H2. The predicted molar refractivity (Wildman–Crippen MR) is 223 cm³/mol. The maximum absolute atomic E-state index is 12.3. The van der Waals surface area contributed by atoms with E-state index in [0.717, 1.165) is 116 Å². The Kier molecular flexibility index (Phi) is 26.7. The van der Waals surface area contributed by atoms with Gasteiger partial charge in [0.25, 0.3) is 0 Å². The van der Waals surface area contributed by atoms with Gasteiger partial charge in [0.2, 0.25) is 0 Å². The Hall–Kier alpha value is -3.54. The highest BCUT2D eigenvalue weighted by Crippen LogP contribution is 2.35. The van der Waals surface area contributed by atoms with Gasteiger partial charge in [-0.15, -0.1) is 39.5 Å². The summed E-state index contributed by atoms with van der Waals surface area (Å²) in [5, 5.41) is 0. The lowest BCUT2D eigenvalue weighted by molar-refractivity contribution is -0.134. The van der Waals surface area contributed by atoms with Crippen molar-refractivity contribution in [2.75, 3.05) is 0 Å². The summed E-state index contributed by atoms with van der Waals surface area (Å²) in [5.41, 5.74) is 0. The molecule has 0 bridgehead atoms. The second-order valence-corrected chi connectivity index (χ2v) is 15.3. The van der Waals surface area contributed by atoms with E-state index < -0.39 is 0 Å². The molecule has 300 valence electrons. The monoisotopic (exact) mass is 745 g/mol. The van der Waals surface area contributed by atoms with Crippen LogP contribution in [0, 0.1) is 35.5 Å². The summed E-state index contributed by atoms with van der Waals surface area (Å²) >= 11 is 0. The van der Waals surface area contributed by atoms with Crippen molar-refractivity contribution in [1.82, 2.24) is 0 Å². The van der Waals surface area contributed by atoms with Gasteiger partial charge in [-0.1, -0.05) is 75.0 Å². The molecule has 6 nitrogen and oxygen atoms in total. The Morgan fingerprint density at radius 2 is 0.574 bits per heavy atom. The van der Waals surface area contributed by atoms with Crippen LogP contribution in [0.4, 0.5) is 0 Å². The van der Waals surface area contributed by atoms with Crippen LogP contribution in [-0.4, -0.2) is 34.7 Å². The molecule has 3 saturated carbocycles. The van der Waals surface area contributed by atoms with Crippen LogP contribution in [0.3, 0.4) is 0 Å². The molecular formula is C48H72O6. The third-order valence-electron chi connectivity index (χ3n) is 11.3. The number of rotatable bonds is 24. The number of hydrogen-bond acceptors (Lipinski definition) is 6. The zero-order valence-corrected chi connectivity index (χ0v) is 33.6. The molecule has 0 N–H and O–H groups in total.